The molecule has 0 spiro atoms. The number of methoxy groups -OCH3 is 1. The van der Waals surface area contributed by atoms with Crippen molar-refractivity contribution in [2.45, 2.75) is 25.7 Å². The number of nitrogens with zero attached hydrogens (tertiary/aromatic N) is 1. The highest BCUT2D eigenvalue weighted by molar-refractivity contribution is 9.10. The van der Waals surface area contributed by atoms with E-state index in [1.54, 1.807) is 18.2 Å². The van der Waals surface area contributed by atoms with Crippen LogP contribution < -0.4 is 9.47 Å². The Hall–Kier alpha value is -2.41. The molecule has 130 valence electrons. The molecular formula is C18H16BrNO5. The minimum atomic E-state index is -0.668. The fraction of sp³-hybridized carbons (Fsp3) is 0.278. The van der Waals surface area contributed by atoms with Crippen molar-refractivity contribution in [2.75, 3.05) is 7.11 Å². The predicted octanol–water partition coefficient (Wildman–Crippen LogP) is 4.46. The molecule has 0 fully saturated rings. The summed E-state index contributed by atoms with van der Waals surface area (Å²) in [4.78, 5) is 23.4. The van der Waals surface area contributed by atoms with Crippen LogP contribution in [0, 0.1) is 10.1 Å². The molecule has 0 bridgehead atoms. The molecule has 1 aliphatic rings. The Morgan fingerprint density at radius 1 is 1.24 bits per heavy atom. The molecule has 0 aliphatic heterocycles. The normalized spacial score (nSPS) is 13.0. The summed E-state index contributed by atoms with van der Waals surface area (Å²) in [7, 11) is 1.50. The maximum atomic E-state index is 12.5. The van der Waals surface area contributed by atoms with E-state index in [0.717, 1.165) is 36.8 Å². The first kappa shape index (κ1) is 17.4. The quantitative estimate of drug-likeness (QED) is 0.324. The lowest BCUT2D eigenvalue weighted by Crippen LogP contribution is -2.13. The van der Waals surface area contributed by atoms with Crippen molar-refractivity contribution >= 4 is 27.6 Å². The van der Waals surface area contributed by atoms with Gasteiger partial charge in [-0.25, -0.2) is 4.79 Å². The molecule has 0 saturated heterocycles. The Morgan fingerprint density at radius 2 is 2.00 bits per heavy atom. The zero-order valence-corrected chi connectivity index (χ0v) is 15.2. The summed E-state index contributed by atoms with van der Waals surface area (Å²) in [5.74, 6) is -0.203. The summed E-state index contributed by atoms with van der Waals surface area (Å²) in [6.07, 6.45) is 3.60. The Labute approximate surface area is 153 Å². The van der Waals surface area contributed by atoms with E-state index in [9.17, 15) is 14.9 Å². The number of nitro benzene ring substituents is 1. The van der Waals surface area contributed by atoms with Gasteiger partial charge in [0, 0.05) is 6.07 Å². The van der Waals surface area contributed by atoms with Crippen molar-refractivity contribution in [1.82, 2.24) is 0 Å². The van der Waals surface area contributed by atoms with E-state index < -0.39 is 10.9 Å². The van der Waals surface area contributed by atoms with Crippen molar-refractivity contribution in [3.8, 4) is 11.5 Å². The highest BCUT2D eigenvalue weighted by Gasteiger charge is 2.28. The third-order valence-corrected chi connectivity index (χ3v) is 5.05. The topological polar surface area (TPSA) is 78.7 Å². The maximum absolute atomic E-state index is 12.5. The van der Waals surface area contributed by atoms with Gasteiger partial charge in [0.15, 0.2) is 0 Å². The van der Waals surface area contributed by atoms with E-state index in [1.807, 2.05) is 0 Å². The molecule has 0 atom stereocenters. The molecule has 6 nitrogen and oxygen atoms in total. The fourth-order valence-electron chi connectivity index (χ4n) is 2.95. The monoisotopic (exact) mass is 405 g/mol. The first-order chi connectivity index (χ1) is 12.0. The summed E-state index contributed by atoms with van der Waals surface area (Å²) in [5, 5.41) is 11.5. The van der Waals surface area contributed by atoms with E-state index in [1.165, 1.54) is 19.2 Å². The zero-order chi connectivity index (χ0) is 18.0. The number of benzene rings is 2. The molecule has 1 aliphatic carbocycles. The number of hydrogen-bond acceptors (Lipinski definition) is 5. The molecule has 3 rings (SSSR count). The molecule has 0 heterocycles. The molecule has 0 saturated carbocycles. The molecule has 0 unspecified atom stereocenters. The van der Waals surface area contributed by atoms with Crippen molar-refractivity contribution in [3.05, 3.63) is 61.6 Å². The maximum Gasteiger partial charge on any atom is 0.343 e. The van der Waals surface area contributed by atoms with Crippen molar-refractivity contribution in [3.63, 3.8) is 0 Å². The number of aryl methyl sites for hydroxylation is 1. The van der Waals surface area contributed by atoms with Crippen LogP contribution in [0.1, 0.15) is 34.3 Å². The lowest BCUT2D eigenvalue weighted by Gasteiger charge is -2.19. The van der Waals surface area contributed by atoms with Crippen LogP contribution in [0.25, 0.3) is 0 Å². The van der Waals surface area contributed by atoms with Crippen LogP contribution in [-0.4, -0.2) is 18.0 Å². The summed E-state index contributed by atoms with van der Waals surface area (Å²) < 4.78 is 11.0. The number of carbonyl (C=O) groups excluding carboxylic acids is 1. The Bertz CT molecular complexity index is 850. The van der Waals surface area contributed by atoms with E-state index in [2.05, 4.69) is 15.9 Å². The number of halogens is 1. The van der Waals surface area contributed by atoms with Gasteiger partial charge in [0.1, 0.15) is 5.75 Å². The molecular weight excluding hydrogens is 390 g/mol. The third-order valence-electron chi connectivity index (χ3n) is 4.22. The average Bonchev–Trinajstić information content (AvgIpc) is 2.63. The predicted molar refractivity (Wildman–Crippen MR) is 95.4 cm³/mol. The number of hydrogen-bond donors (Lipinski definition) is 0. The number of esters is 1. The van der Waals surface area contributed by atoms with Crippen LogP contribution in [-0.2, 0) is 12.8 Å². The lowest BCUT2D eigenvalue weighted by atomic mass is 9.91. The van der Waals surface area contributed by atoms with Crippen LogP contribution in [0.2, 0.25) is 0 Å². The lowest BCUT2D eigenvalue weighted by molar-refractivity contribution is -0.385. The highest BCUT2D eigenvalue weighted by atomic mass is 79.9. The molecule has 7 heteroatoms. The summed E-state index contributed by atoms with van der Waals surface area (Å²) in [6, 6.07) is 7.98. The Morgan fingerprint density at radius 3 is 2.72 bits per heavy atom. The van der Waals surface area contributed by atoms with E-state index >= 15 is 0 Å². The molecule has 0 aromatic heterocycles. The summed E-state index contributed by atoms with van der Waals surface area (Å²) >= 11 is 3.41. The summed E-state index contributed by atoms with van der Waals surface area (Å²) in [6.45, 7) is 0. The second-order valence-electron chi connectivity index (χ2n) is 5.76. The van der Waals surface area contributed by atoms with Crippen LogP contribution in [0.5, 0.6) is 11.5 Å². The molecule has 0 N–H and O–H groups in total. The largest absolute Gasteiger partial charge is 0.497 e. The molecule has 25 heavy (non-hydrogen) atoms. The number of nitro groups is 1. The number of ether oxygens (including phenoxy) is 2. The van der Waals surface area contributed by atoms with Gasteiger partial charge in [0.25, 0.3) is 0 Å². The van der Waals surface area contributed by atoms with Gasteiger partial charge in [-0.1, -0.05) is 6.07 Å². The number of carbonyl (C=O) groups is 1. The second-order valence-corrected chi connectivity index (χ2v) is 6.56. The van der Waals surface area contributed by atoms with Gasteiger partial charge in [-0.3, -0.25) is 10.1 Å². The van der Waals surface area contributed by atoms with Crippen LogP contribution in [0.4, 0.5) is 5.69 Å². The average molecular weight is 406 g/mol. The number of fused-ring (bicyclic) bond motifs is 1. The Kier molecular flexibility index (Phi) is 5.03. The number of rotatable bonds is 4. The Balaban J connectivity index is 2.01. The SMILES string of the molecule is COc1cccc(C(=O)Oc2c([N+](=O)[O-])cc3c(c2Br)CCCC3)c1. The molecule has 0 radical (unpaired) electrons. The zero-order valence-electron chi connectivity index (χ0n) is 13.6. The first-order valence-corrected chi connectivity index (χ1v) is 8.65. The van der Waals surface area contributed by atoms with Gasteiger partial charge in [0.2, 0.25) is 5.75 Å². The minimum Gasteiger partial charge on any atom is -0.497 e. The van der Waals surface area contributed by atoms with Crippen LogP contribution in [0.3, 0.4) is 0 Å². The van der Waals surface area contributed by atoms with Gasteiger partial charge >= 0.3 is 11.7 Å². The van der Waals surface area contributed by atoms with Gasteiger partial charge in [0.05, 0.1) is 22.1 Å². The van der Waals surface area contributed by atoms with E-state index in [-0.39, 0.29) is 17.0 Å². The van der Waals surface area contributed by atoms with Gasteiger partial charge in [-0.05, 0) is 70.9 Å². The molecule has 2 aromatic carbocycles. The minimum absolute atomic E-state index is 0.0431. The van der Waals surface area contributed by atoms with Crippen molar-refractivity contribution < 1.29 is 19.2 Å². The summed E-state index contributed by atoms with van der Waals surface area (Å²) in [5.41, 5.74) is 1.97. The van der Waals surface area contributed by atoms with E-state index in [0.29, 0.717) is 10.2 Å². The van der Waals surface area contributed by atoms with Gasteiger partial charge in [-0.15, -0.1) is 0 Å². The van der Waals surface area contributed by atoms with Crippen molar-refractivity contribution in [1.29, 1.82) is 0 Å². The smallest absolute Gasteiger partial charge is 0.343 e. The highest BCUT2D eigenvalue weighted by Crippen LogP contribution is 2.42. The fourth-order valence-corrected chi connectivity index (χ4v) is 3.69. The van der Waals surface area contributed by atoms with Crippen LogP contribution in [0.15, 0.2) is 34.8 Å². The first-order valence-electron chi connectivity index (χ1n) is 7.86. The van der Waals surface area contributed by atoms with Gasteiger partial charge in [-0.2, -0.15) is 0 Å². The standard InChI is InChI=1S/C18H16BrNO5/c1-24-13-7-4-6-12(9-13)18(21)25-17-15(20(22)23)10-11-5-2-3-8-14(11)16(17)19/h4,6-7,9-10H,2-3,5,8H2,1H3. The van der Waals surface area contributed by atoms with E-state index in [4.69, 9.17) is 9.47 Å². The second kappa shape index (κ2) is 7.23. The third kappa shape index (κ3) is 3.51. The van der Waals surface area contributed by atoms with Crippen LogP contribution >= 0.6 is 15.9 Å². The van der Waals surface area contributed by atoms with Crippen molar-refractivity contribution in [2.24, 2.45) is 0 Å². The molecule has 2 aromatic rings. The van der Waals surface area contributed by atoms with Gasteiger partial charge < -0.3 is 9.47 Å². The molecule has 0 amide bonds.